The van der Waals surface area contributed by atoms with Gasteiger partial charge in [-0.15, -0.1) is 0 Å². The van der Waals surface area contributed by atoms with E-state index in [2.05, 4.69) is 76.2 Å². The molecule has 0 amide bonds. The van der Waals surface area contributed by atoms with Crippen LogP contribution < -0.4 is 0 Å². The van der Waals surface area contributed by atoms with E-state index in [0.29, 0.717) is 0 Å². The Morgan fingerprint density at radius 3 is 2.08 bits per heavy atom. The molecule has 0 aliphatic carbocycles. The number of benzene rings is 3. The fourth-order valence-corrected chi connectivity index (χ4v) is 6.91. The summed E-state index contributed by atoms with van der Waals surface area (Å²) in [6.07, 6.45) is 0. The first-order valence-corrected chi connectivity index (χ1v) is 10.5. The molecule has 0 aliphatic rings. The van der Waals surface area contributed by atoms with Gasteiger partial charge in [0.05, 0.1) is 0 Å². The quantitative estimate of drug-likeness (QED) is 0.327. The third-order valence-corrected chi connectivity index (χ3v) is 7.57. The van der Waals surface area contributed by atoms with Crippen molar-refractivity contribution in [2.75, 3.05) is 0 Å². The van der Waals surface area contributed by atoms with E-state index in [1.54, 1.807) is 0 Å². The Hall–Kier alpha value is -1.75. The van der Waals surface area contributed by atoms with Crippen LogP contribution in [0.2, 0.25) is 0 Å². The molecule has 2 heteroatoms. The summed E-state index contributed by atoms with van der Waals surface area (Å²) in [4.78, 5) is 0. The first kappa shape index (κ1) is 15.8. The number of hydrogen-bond donors (Lipinski definition) is 0. The molecule has 1 unspecified atom stereocenters. The van der Waals surface area contributed by atoms with Gasteiger partial charge >= 0.3 is 0 Å². The number of hydrogen-bond acceptors (Lipinski definition) is 0. The number of fused-ring (bicyclic) bond motifs is 3. The average Bonchev–Trinajstić information content (AvgIpc) is 2.79. The van der Waals surface area contributed by atoms with Crippen LogP contribution in [0.3, 0.4) is 0 Å². The zero-order valence-electron chi connectivity index (χ0n) is 14.4. The van der Waals surface area contributed by atoms with Gasteiger partial charge in [0.1, 0.15) is 0 Å². The molecule has 1 aromatic heterocycles. The standard InChI is InChI=1S/C22H20ClP/c1-13-8-14(2)11-17(10-13)18-6-5-7-19-20-12-15(3)9-16(4)21(20)24(23)22(18)19/h5-12H,1-4H3. The van der Waals surface area contributed by atoms with Crippen LogP contribution in [0, 0.1) is 27.7 Å². The Morgan fingerprint density at radius 1 is 0.708 bits per heavy atom. The van der Waals surface area contributed by atoms with Crippen LogP contribution in [0.1, 0.15) is 22.3 Å². The van der Waals surface area contributed by atoms with E-state index in [1.165, 1.54) is 54.4 Å². The first-order valence-electron chi connectivity index (χ1n) is 8.25. The fourth-order valence-electron chi connectivity index (χ4n) is 3.87. The van der Waals surface area contributed by atoms with Gasteiger partial charge in [-0.2, -0.15) is 0 Å². The lowest BCUT2D eigenvalue weighted by Gasteiger charge is -2.08. The molecule has 0 fully saturated rings. The van der Waals surface area contributed by atoms with Gasteiger partial charge in [-0.3, -0.25) is 0 Å². The highest BCUT2D eigenvalue weighted by Gasteiger charge is 2.16. The molecule has 0 N–H and O–H groups in total. The van der Waals surface area contributed by atoms with E-state index in [1.807, 2.05) is 0 Å². The molecule has 0 bridgehead atoms. The van der Waals surface area contributed by atoms with Crippen LogP contribution in [-0.4, -0.2) is 0 Å². The van der Waals surface area contributed by atoms with Gasteiger partial charge in [0.15, 0.2) is 0 Å². The predicted octanol–water partition coefficient (Wildman–Crippen LogP) is 7.88. The molecule has 0 nitrogen and oxygen atoms in total. The summed E-state index contributed by atoms with van der Waals surface area (Å²) in [5.41, 5.74) is 7.77. The molecular formula is C22H20ClP. The van der Waals surface area contributed by atoms with Crippen molar-refractivity contribution in [2.24, 2.45) is 0 Å². The molecule has 0 saturated heterocycles. The van der Waals surface area contributed by atoms with Crippen LogP contribution in [0.15, 0.2) is 48.5 Å². The van der Waals surface area contributed by atoms with Crippen LogP contribution in [0.4, 0.5) is 0 Å². The second kappa shape index (κ2) is 5.66. The number of halogens is 1. The normalized spacial score (nSPS) is 12.3. The summed E-state index contributed by atoms with van der Waals surface area (Å²) in [5, 5.41) is 5.30. The van der Waals surface area contributed by atoms with E-state index >= 15 is 0 Å². The monoisotopic (exact) mass is 350 g/mol. The van der Waals surface area contributed by atoms with Gasteiger partial charge in [0.2, 0.25) is 0 Å². The SMILES string of the molecule is Cc1cc(C)cc(-c2cccc3c4cc(C)cc(C)c4p(Cl)c23)c1. The summed E-state index contributed by atoms with van der Waals surface area (Å²) >= 11 is 7.03. The van der Waals surface area contributed by atoms with Crippen molar-refractivity contribution < 1.29 is 0 Å². The molecule has 4 rings (SSSR count). The molecular weight excluding hydrogens is 331 g/mol. The molecule has 1 atom stereocenters. The molecule has 0 saturated carbocycles. The second-order valence-electron chi connectivity index (χ2n) is 6.84. The second-order valence-corrected chi connectivity index (χ2v) is 9.31. The van der Waals surface area contributed by atoms with Crippen LogP contribution in [-0.2, 0) is 0 Å². The van der Waals surface area contributed by atoms with E-state index in [0.717, 1.165) is 0 Å². The van der Waals surface area contributed by atoms with Gasteiger partial charge in [0.25, 0.3) is 0 Å². The van der Waals surface area contributed by atoms with Crippen LogP contribution in [0.25, 0.3) is 32.1 Å². The molecule has 24 heavy (non-hydrogen) atoms. The van der Waals surface area contributed by atoms with E-state index in [4.69, 9.17) is 11.2 Å². The topological polar surface area (TPSA) is 0 Å². The largest absolute Gasteiger partial charge is 0.0615 e. The third-order valence-electron chi connectivity index (χ3n) is 4.70. The Balaban J connectivity index is 2.17. The highest BCUT2D eigenvalue weighted by atomic mass is 35.7. The van der Waals surface area contributed by atoms with Crippen molar-refractivity contribution in [1.29, 1.82) is 0 Å². The smallest absolute Gasteiger partial charge is 0.0249 e. The van der Waals surface area contributed by atoms with Gasteiger partial charge in [0, 0.05) is 10.2 Å². The fraction of sp³-hybridized carbons (Fsp3) is 0.182. The van der Waals surface area contributed by atoms with Crippen molar-refractivity contribution in [3.63, 3.8) is 0 Å². The van der Waals surface area contributed by atoms with Crippen LogP contribution in [0.5, 0.6) is 0 Å². The Kier molecular flexibility index (Phi) is 3.71. The van der Waals surface area contributed by atoms with Gasteiger partial charge in [-0.05, 0) is 62.0 Å². The Labute approximate surface area is 148 Å². The van der Waals surface area contributed by atoms with Gasteiger partial charge in [-0.1, -0.05) is 76.5 Å². The lowest BCUT2D eigenvalue weighted by atomic mass is 9.98. The van der Waals surface area contributed by atoms with Crippen molar-refractivity contribution >= 4 is 39.1 Å². The summed E-state index contributed by atoms with van der Waals surface area (Å²) in [6.45, 7) is 7.84. The lowest BCUT2D eigenvalue weighted by Crippen LogP contribution is -1.83. The Bertz CT molecular complexity index is 1080. The molecule has 3 aromatic carbocycles. The van der Waals surface area contributed by atoms with Crippen molar-refractivity contribution in [3.05, 3.63) is 70.8 Å². The molecule has 0 aliphatic heterocycles. The third kappa shape index (κ3) is 2.37. The van der Waals surface area contributed by atoms with Crippen molar-refractivity contribution in [3.8, 4) is 11.1 Å². The minimum absolute atomic E-state index is 0.821. The predicted molar refractivity (Wildman–Crippen MR) is 110 cm³/mol. The summed E-state index contributed by atoms with van der Waals surface area (Å²) < 4.78 is 0. The zero-order chi connectivity index (χ0) is 17.0. The van der Waals surface area contributed by atoms with Crippen molar-refractivity contribution in [2.45, 2.75) is 27.7 Å². The molecule has 0 radical (unpaired) electrons. The minimum atomic E-state index is -0.821. The number of aryl methyl sites for hydroxylation is 4. The van der Waals surface area contributed by atoms with E-state index in [-0.39, 0.29) is 0 Å². The maximum Gasteiger partial charge on any atom is 0.0249 e. The first-order chi connectivity index (χ1) is 11.5. The summed E-state index contributed by atoms with van der Waals surface area (Å²) in [5.74, 6) is 0. The Morgan fingerprint density at radius 2 is 1.38 bits per heavy atom. The molecule has 1 heterocycles. The zero-order valence-corrected chi connectivity index (χ0v) is 16.1. The van der Waals surface area contributed by atoms with E-state index in [9.17, 15) is 0 Å². The van der Waals surface area contributed by atoms with Crippen molar-refractivity contribution in [1.82, 2.24) is 0 Å². The molecule has 120 valence electrons. The molecule has 0 spiro atoms. The van der Waals surface area contributed by atoms with Crippen LogP contribution >= 0.6 is 18.1 Å². The number of rotatable bonds is 1. The molecule has 4 aromatic rings. The maximum absolute atomic E-state index is 7.03. The van der Waals surface area contributed by atoms with Gasteiger partial charge in [-0.25, -0.2) is 0 Å². The lowest BCUT2D eigenvalue weighted by molar-refractivity contribution is 1.39. The summed E-state index contributed by atoms with van der Waals surface area (Å²) in [7, 11) is 0. The maximum atomic E-state index is 7.03. The van der Waals surface area contributed by atoms with E-state index < -0.39 is 6.89 Å². The average molecular weight is 351 g/mol. The highest BCUT2D eigenvalue weighted by molar-refractivity contribution is 7.86. The highest BCUT2D eigenvalue weighted by Crippen LogP contribution is 2.56. The summed E-state index contributed by atoms with van der Waals surface area (Å²) in [6, 6.07) is 17.9. The van der Waals surface area contributed by atoms with Gasteiger partial charge < -0.3 is 0 Å². The minimum Gasteiger partial charge on any atom is -0.0615 e.